The first-order valence-corrected chi connectivity index (χ1v) is 7.14. The lowest BCUT2D eigenvalue weighted by molar-refractivity contribution is -0.107. The van der Waals surface area contributed by atoms with E-state index in [9.17, 15) is 14.4 Å². The van der Waals surface area contributed by atoms with Crippen LogP contribution in [0.5, 0.6) is 0 Å². The Hall–Kier alpha value is -3.21. The van der Waals surface area contributed by atoms with Gasteiger partial charge in [-0.05, 0) is 29.8 Å². The Labute approximate surface area is 132 Å². The summed E-state index contributed by atoms with van der Waals surface area (Å²) in [6.07, 6.45) is 1.12. The van der Waals surface area contributed by atoms with Crippen LogP contribution < -0.4 is 21.5 Å². The van der Waals surface area contributed by atoms with Crippen LogP contribution in [-0.4, -0.2) is 6.29 Å². The molecule has 23 heavy (non-hydrogen) atoms. The monoisotopic (exact) mass is 306 g/mol. The third-order valence-corrected chi connectivity index (χ3v) is 3.47. The maximum absolute atomic E-state index is 11.8. The summed E-state index contributed by atoms with van der Waals surface area (Å²) in [5.74, 6) is 0. The van der Waals surface area contributed by atoms with Crippen LogP contribution in [0.15, 0.2) is 64.2 Å². The summed E-state index contributed by atoms with van der Waals surface area (Å²) in [5.41, 5.74) is 1.62. The average Bonchev–Trinajstić information content (AvgIpc) is 2.59. The zero-order valence-corrected chi connectivity index (χ0v) is 12.2. The molecule has 3 rings (SSSR count). The predicted octanol–water partition coefficient (Wildman–Crippen LogP) is 2.51. The maximum Gasteiger partial charge on any atom is 0.253 e. The van der Waals surface area contributed by atoms with Crippen molar-refractivity contribution in [1.29, 1.82) is 0 Å². The molecule has 0 aromatic heterocycles. The summed E-state index contributed by atoms with van der Waals surface area (Å²) in [6.45, 7) is 0. The molecule has 0 unspecified atom stereocenters. The lowest BCUT2D eigenvalue weighted by Gasteiger charge is -2.15. The number of hydrogen-bond acceptors (Lipinski definition) is 5. The number of anilines is 4. The number of hydrogen-bond donors (Lipinski definition) is 2. The van der Waals surface area contributed by atoms with Gasteiger partial charge in [-0.3, -0.25) is 9.59 Å². The SMILES string of the molecule is O=CCc1cccc(Nc2c(Nc3ccccc3)c(=O)c2=O)c1. The molecule has 0 aliphatic rings. The highest BCUT2D eigenvalue weighted by molar-refractivity contribution is 5.82. The highest BCUT2D eigenvalue weighted by Gasteiger charge is 2.21. The minimum absolute atomic E-state index is 0.238. The van der Waals surface area contributed by atoms with E-state index in [0.29, 0.717) is 12.1 Å². The highest BCUT2D eigenvalue weighted by Crippen LogP contribution is 2.24. The van der Waals surface area contributed by atoms with E-state index >= 15 is 0 Å². The third-order valence-electron chi connectivity index (χ3n) is 3.47. The van der Waals surface area contributed by atoms with Gasteiger partial charge < -0.3 is 15.4 Å². The van der Waals surface area contributed by atoms with E-state index in [1.54, 1.807) is 18.2 Å². The molecule has 0 aliphatic heterocycles. The standard InChI is InChI=1S/C18H14N2O3/c21-10-9-12-5-4-8-14(11-12)20-16-15(17(22)18(16)23)19-13-6-2-1-3-7-13/h1-8,10-11,19-20H,9H2. The van der Waals surface area contributed by atoms with E-state index in [2.05, 4.69) is 10.6 Å². The topological polar surface area (TPSA) is 75.3 Å². The van der Waals surface area contributed by atoms with Crippen LogP contribution in [0.1, 0.15) is 5.56 Å². The molecular weight excluding hydrogens is 292 g/mol. The highest BCUT2D eigenvalue weighted by atomic mass is 16.2. The smallest absolute Gasteiger partial charge is 0.253 e. The molecular formula is C18H14N2O3. The quantitative estimate of drug-likeness (QED) is 0.540. The van der Waals surface area contributed by atoms with Crippen molar-refractivity contribution >= 4 is 29.0 Å². The maximum atomic E-state index is 11.8. The molecule has 0 bridgehead atoms. The molecule has 0 radical (unpaired) electrons. The fourth-order valence-electron chi connectivity index (χ4n) is 2.31. The van der Waals surface area contributed by atoms with Crippen molar-refractivity contribution in [2.45, 2.75) is 6.42 Å². The van der Waals surface area contributed by atoms with Gasteiger partial charge in [0.2, 0.25) is 0 Å². The minimum atomic E-state index is -0.552. The van der Waals surface area contributed by atoms with Crippen molar-refractivity contribution in [2.24, 2.45) is 0 Å². The van der Waals surface area contributed by atoms with Crippen LogP contribution in [0, 0.1) is 0 Å². The molecule has 0 saturated heterocycles. The molecule has 0 aliphatic carbocycles. The Morgan fingerprint density at radius 2 is 1.39 bits per heavy atom. The van der Waals surface area contributed by atoms with Crippen molar-refractivity contribution in [3.63, 3.8) is 0 Å². The fourth-order valence-corrected chi connectivity index (χ4v) is 2.31. The molecule has 5 nitrogen and oxygen atoms in total. The van der Waals surface area contributed by atoms with Crippen LogP contribution in [0.3, 0.4) is 0 Å². The van der Waals surface area contributed by atoms with Gasteiger partial charge in [-0.1, -0.05) is 30.3 Å². The molecule has 0 atom stereocenters. The van der Waals surface area contributed by atoms with Gasteiger partial charge in [-0.15, -0.1) is 0 Å². The van der Waals surface area contributed by atoms with Crippen molar-refractivity contribution in [3.05, 3.63) is 80.6 Å². The number of benzene rings is 2. The Kier molecular flexibility index (Phi) is 4.01. The van der Waals surface area contributed by atoms with Crippen LogP contribution in [0.25, 0.3) is 0 Å². The number of carbonyl (C=O) groups excluding carboxylic acids is 1. The van der Waals surface area contributed by atoms with Crippen LogP contribution in [-0.2, 0) is 11.2 Å². The van der Waals surface area contributed by atoms with Gasteiger partial charge in [-0.25, -0.2) is 0 Å². The third kappa shape index (κ3) is 3.03. The van der Waals surface area contributed by atoms with Crippen molar-refractivity contribution in [2.75, 3.05) is 10.6 Å². The second kappa shape index (κ2) is 6.27. The van der Waals surface area contributed by atoms with E-state index in [4.69, 9.17) is 0 Å². The average molecular weight is 306 g/mol. The summed E-state index contributed by atoms with van der Waals surface area (Å²) >= 11 is 0. The molecule has 2 N–H and O–H groups in total. The zero-order valence-electron chi connectivity index (χ0n) is 12.2. The zero-order chi connectivity index (χ0) is 16.2. The predicted molar refractivity (Wildman–Crippen MR) is 90.6 cm³/mol. The Morgan fingerprint density at radius 3 is 2.04 bits per heavy atom. The molecule has 114 valence electrons. The van der Waals surface area contributed by atoms with Gasteiger partial charge >= 0.3 is 0 Å². The molecule has 0 fully saturated rings. The number of carbonyl (C=O) groups is 1. The Balaban J connectivity index is 1.85. The first-order chi connectivity index (χ1) is 11.2. The van der Waals surface area contributed by atoms with Crippen LogP contribution in [0.2, 0.25) is 0 Å². The van der Waals surface area contributed by atoms with Gasteiger partial charge in [0.05, 0.1) is 0 Å². The molecule has 0 saturated carbocycles. The first kappa shape index (κ1) is 14.7. The number of para-hydroxylation sites is 1. The van der Waals surface area contributed by atoms with Gasteiger partial charge in [0.1, 0.15) is 17.7 Å². The Bertz CT molecular complexity index is 910. The number of rotatable bonds is 6. The van der Waals surface area contributed by atoms with Gasteiger partial charge in [0, 0.05) is 17.8 Å². The minimum Gasteiger partial charge on any atom is -0.350 e. The largest absolute Gasteiger partial charge is 0.350 e. The summed E-state index contributed by atoms with van der Waals surface area (Å²) in [5, 5.41) is 5.92. The van der Waals surface area contributed by atoms with Crippen molar-refractivity contribution in [3.8, 4) is 0 Å². The molecule has 3 aromatic carbocycles. The first-order valence-electron chi connectivity index (χ1n) is 7.14. The van der Waals surface area contributed by atoms with E-state index < -0.39 is 10.9 Å². The van der Waals surface area contributed by atoms with Gasteiger partial charge in [0.25, 0.3) is 10.9 Å². The van der Waals surface area contributed by atoms with Crippen molar-refractivity contribution < 1.29 is 4.79 Å². The van der Waals surface area contributed by atoms with E-state index in [1.165, 1.54) is 0 Å². The van der Waals surface area contributed by atoms with Crippen molar-refractivity contribution in [1.82, 2.24) is 0 Å². The van der Waals surface area contributed by atoms with Gasteiger partial charge in [0.15, 0.2) is 0 Å². The second-order valence-electron chi connectivity index (χ2n) is 5.10. The molecule has 0 heterocycles. The normalized spacial score (nSPS) is 10.4. The summed E-state index contributed by atoms with van der Waals surface area (Å²) in [6, 6.07) is 16.3. The summed E-state index contributed by atoms with van der Waals surface area (Å²) in [7, 11) is 0. The van der Waals surface area contributed by atoms with E-state index in [1.807, 2.05) is 36.4 Å². The summed E-state index contributed by atoms with van der Waals surface area (Å²) in [4.78, 5) is 34.2. The lowest BCUT2D eigenvalue weighted by atomic mass is 10.1. The fraction of sp³-hybridized carbons (Fsp3) is 0.0556. The number of aldehydes is 1. The summed E-state index contributed by atoms with van der Waals surface area (Å²) < 4.78 is 0. The second-order valence-corrected chi connectivity index (χ2v) is 5.10. The molecule has 3 aromatic rings. The molecule has 0 amide bonds. The van der Waals surface area contributed by atoms with Crippen LogP contribution in [0.4, 0.5) is 22.7 Å². The van der Waals surface area contributed by atoms with Crippen LogP contribution >= 0.6 is 0 Å². The number of nitrogens with one attached hydrogen (secondary N) is 2. The Morgan fingerprint density at radius 1 is 0.783 bits per heavy atom. The lowest BCUT2D eigenvalue weighted by Crippen LogP contribution is -2.35. The van der Waals surface area contributed by atoms with Gasteiger partial charge in [-0.2, -0.15) is 0 Å². The van der Waals surface area contributed by atoms with E-state index in [0.717, 1.165) is 17.5 Å². The molecule has 0 spiro atoms. The molecule has 5 heteroatoms. The van der Waals surface area contributed by atoms with E-state index in [-0.39, 0.29) is 11.4 Å².